The summed E-state index contributed by atoms with van der Waals surface area (Å²) < 4.78 is 7.25. The van der Waals surface area contributed by atoms with Crippen LogP contribution in [0, 0.1) is 0 Å². The maximum absolute atomic E-state index is 12.9. The Morgan fingerprint density at radius 2 is 1.94 bits per heavy atom. The first kappa shape index (κ1) is 24.1. The van der Waals surface area contributed by atoms with Crippen molar-refractivity contribution in [3.05, 3.63) is 66.7 Å². The van der Waals surface area contributed by atoms with Gasteiger partial charge in [0.25, 0.3) is 5.91 Å². The van der Waals surface area contributed by atoms with E-state index in [0.717, 1.165) is 14.6 Å². The Morgan fingerprint density at radius 1 is 1.24 bits per heavy atom. The molecule has 0 bridgehead atoms. The van der Waals surface area contributed by atoms with Crippen molar-refractivity contribution in [2.45, 2.75) is 28.7 Å². The van der Waals surface area contributed by atoms with Crippen LogP contribution in [0.15, 0.2) is 71.1 Å². The number of thiazole rings is 1. The highest BCUT2D eigenvalue weighted by molar-refractivity contribution is 8.77. The lowest BCUT2D eigenvalue weighted by Crippen LogP contribution is -2.73. The molecule has 2 aromatic carbocycles. The average molecular weight is 516 g/mol. The number of carboxylic acid groups (broad SMARTS) is 1. The molecule has 8 nitrogen and oxygen atoms in total. The summed E-state index contributed by atoms with van der Waals surface area (Å²) in [4.78, 5) is 43.1. The highest BCUT2D eigenvalue weighted by Crippen LogP contribution is 2.45. The van der Waals surface area contributed by atoms with E-state index in [0.29, 0.717) is 11.3 Å². The van der Waals surface area contributed by atoms with Gasteiger partial charge in [-0.3, -0.25) is 9.59 Å². The Labute approximate surface area is 207 Å². The number of rotatable bonds is 10. The molecule has 0 spiro atoms. The maximum Gasteiger partial charge on any atom is 0.330 e. The number of hydrogen-bond acceptors (Lipinski definition) is 8. The van der Waals surface area contributed by atoms with E-state index in [1.807, 2.05) is 30.3 Å². The van der Waals surface area contributed by atoms with Crippen molar-refractivity contribution in [3.8, 4) is 5.75 Å². The van der Waals surface area contributed by atoms with E-state index >= 15 is 0 Å². The lowest BCUT2D eigenvalue weighted by Gasteiger charge is -2.48. The smallest absolute Gasteiger partial charge is 0.330 e. The minimum atomic E-state index is -1.19. The third kappa shape index (κ3) is 5.21. The fourth-order valence-electron chi connectivity index (χ4n) is 3.42. The summed E-state index contributed by atoms with van der Waals surface area (Å²) in [7, 11) is 2.62. The van der Waals surface area contributed by atoms with Gasteiger partial charge in [-0.05, 0) is 47.6 Å². The van der Waals surface area contributed by atoms with Crippen LogP contribution in [0.1, 0.15) is 6.92 Å². The van der Waals surface area contributed by atoms with Crippen molar-refractivity contribution in [3.63, 3.8) is 0 Å². The third-order valence-electron chi connectivity index (χ3n) is 4.98. The summed E-state index contributed by atoms with van der Waals surface area (Å²) in [5.41, 5.74) is 1.19. The number of nitrogens with one attached hydrogen (secondary N) is 1. The molecular weight excluding hydrogens is 494 g/mol. The zero-order valence-electron chi connectivity index (χ0n) is 18.0. The lowest BCUT2D eigenvalue weighted by molar-refractivity contribution is -0.159. The predicted molar refractivity (Wildman–Crippen MR) is 134 cm³/mol. The van der Waals surface area contributed by atoms with Crippen LogP contribution in [0.3, 0.4) is 0 Å². The van der Waals surface area contributed by atoms with Crippen LogP contribution in [-0.4, -0.2) is 56.8 Å². The standard InChI is InChI=1S/C23H21N3O5S3/c1-13(2)19(22(29)30)26-20(28)18(25-17(27)12-31-14-8-4-3-5-9-14)21(26)33-34-23-24-15-10-6-7-11-16(15)32-23/h3-11,18-19,21H,1,12H2,2H3,(H,25,27)(H,29,30)/t18-,19+,21-/m1/s1. The molecule has 3 atom stereocenters. The molecule has 2 N–H and O–H groups in total. The van der Waals surface area contributed by atoms with Gasteiger partial charge < -0.3 is 20.1 Å². The molecule has 0 saturated carbocycles. The number of carbonyl (C=O) groups is 3. The van der Waals surface area contributed by atoms with E-state index < -0.39 is 35.2 Å². The van der Waals surface area contributed by atoms with Crippen LogP contribution in [0.4, 0.5) is 0 Å². The molecule has 1 fully saturated rings. The van der Waals surface area contributed by atoms with Crippen LogP contribution in [0.2, 0.25) is 0 Å². The fraction of sp³-hybridized carbons (Fsp3) is 0.217. The third-order valence-corrected chi connectivity index (χ3v) is 9.01. The molecule has 1 saturated heterocycles. The van der Waals surface area contributed by atoms with E-state index in [2.05, 4.69) is 16.9 Å². The summed E-state index contributed by atoms with van der Waals surface area (Å²) in [6, 6.07) is 14.5. The molecule has 2 heterocycles. The quantitative estimate of drug-likeness (QED) is 0.238. The molecule has 34 heavy (non-hydrogen) atoms. The van der Waals surface area contributed by atoms with Gasteiger partial charge in [-0.25, -0.2) is 9.78 Å². The number of nitrogens with zero attached hydrogens (tertiary/aromatic N) is 2. The van der Waals surface area contributed by atoms with Gasteiger partial charge in [-0.1, -0.05) is 47.7 Å². The zero-order valence-corrected chi connectivity index (χ0v) is 20.5. The number of carbonyl (C=O) groups excluding carboxylic acids is 2. The van der Waals surface area contributed by atoms with Gasteiger partial charge in [-0.2, -0.15) is 0 Å². The number of fused-ring (bicyclic) bond motifs is 1. The number of para-hydroxylation sites is 2. The first-order valence-corrected chi connectivity index (χ1v) is 13.2. The molecule has 0 unspecified atom stereocenters. The molecule has 4 rings (SSSR count). The minimum Gasteiger partial charge on any atom is -0.484 e. The van der Waals surface area contributed by atoms with Gasteiger partial charge in [-0.15, -0.1) is 11.3 Å². The van der Waals surface area contributed by atoms with Crippen LogP contribution >= 0.6 is 32.9 Å². The van der Waals surface area contributed by atoms with Gasteiger partial charge in [0.15, 0.2) is 17.0 Å². The Hall–Kier alpha value is -3.02. The van der Waals surface area contributed by atoms with E-state index in [-0.39, 0.29) is 6.61 Å². The highest BCUT2D eigenvalue weighted by atomic mass is 33.1. The number of amides is 2. The number of ether oxygens (including phenoxy) is 1. The summed E-state index contributed by atoms with van der Waals surface area (Å²) in [6.07, 6.45) is 0. The molecule has 2 amide bonds. The Balaban J connectivity index is 1.47. The largest absolute Gasteiger partial charge is 0.484 e. The first-order valence-electron chi connectivity index (χ1n) is 10.2. The zero-order chi connectivity index (χ0) is 24.2. The van der Waals surface area contributed by atoms with Crippen molar-refractivity contribution in [2.24, 2.45) is 0 Å². The maximum atomic E-state index is 12.9. The summed E-state index contributed by atoms with van der Waals surface area (Å²) in [6.45, 7) is 5.03. The SMILES string of the molecule is C=C(C)[C@@H](C(=O)O)N1C(=O)[C@@H](NC(=O)COc2ccccc2)[C@H]1SSc1nc2ccccc2s1. The van der Waals surface area contributed by atoms with Crippen LogP contribution in [0.5, 0.6) is 5.75 Å². The van der Waals surface area contributed by atoms with Crippen molar-refractivity contribution in [1.82, 2.24) is 15.2 Å². The molecule has 0 aliphatic carbocycles. The monoisotopic (exact) mass is 515 g/mol. The second kappa shape index (κ2) is 10.5. The van der Waals surface area contributed by atoms with Crippen molar-refractivity contribution in [2.75, 3.05) is 6.61 Å². The van der Waals surface area contributed by atoms with E-state index in [1.54, 1.807) is 31.2 Å². The van der Waals surface area contributed by atoms with Crippen molar-refractivity contribution < 1.29 is 24.2 Å². The number of β-lactam (4-membered cyclic amide) rings is 1. The van der Waals surface area contributed by atoms with E-state index in [1.165, 1.54) is 37.8 Å². The van der Waals surface area contributed by atoms with Crippen LogP contribution < -0.4 is 10.1 Å². The summed E-state index contributed by atoms with van der Waals surface area (Å²) >= 11 is 1.50. The normalized spacial score (nSPS) is 18.3. The number of aromatic nitrogens is 1. The number of benzene rings is 2. The fourth-order valence-corrected chi connectivity index (χ4v) is 7.38. The second-order valence-corrected chi connectivity index (χ2v) is 11.1. The molecule has 0 radical (unpaired) electrons. The molecule has 1 aliphatic rings. The first-order chi connectivity index (χ1) is 16.3. The molecule has 3 aromatic rings. The van der Waals surface area contributed by atoms with Crippen LogP contribution in [-0.2, 0) is 14.4 Å². The van der Waals surface area contributed by atoms with Gasteiger partial charge in [0.05, 0.1) is 10.2 Å². The number of aliphatic carboxylic acids is 1. The minimum absolute atomic E-state index is 0.265. The predicted octanol–water partition coefficient (Wildman–Crippen LogP) is 3.80. The summed E-state index contributed by atoms with van der Waals surface area (Å²) in [5, 5.41) is 11.7. The van der Waals surface area contributed by atoms with E-state index in [4.69, 9.17) is 4.74 Å². The Morgan fingerprint density at radius 3 is 2.62 bits per heavy atom. The number of likely N-dealkylation sites (tertiary alicyclic amines) is 1. The van der Waals surface area contributed by atoms with Gasteiger partial charge in [0.2, 0.25) is 5.91 Å². The topological polar surface area (TPSA) is 109 Å². The van der Waals surface area contributed by atoms with Gasteiger partial charge in [0, 0.05) is 0 Å². The van der Waals surface area contributed by atoms with Gasteiger partial charge in [0.1, 0.15) is 17.2 Å². The highest BCUT2D eigenvalue weighted by Gasteiger charge is 2.54. The second-order valence-electron chi connectivity index (χ2n) is 7.50. The molecule has 11 heteroatoms. The van der Waals surface area contributed by atoms with Crippen molar-refractivity contribution >= 4 is 60.9 Å². The molecule has 176 valence electrons. The summed E-state index contributed by atoms with van der Waals surface area (Å²) in [5.74, 6) is -1.59. The molecule has 1 aliphatic heterocycles. The Bertz CT molecular complexity index is 1190. The van der Waals surface area contributed by atoms with E-state index in [9.17, 15) is 19.5 Å². The Kier molecular flexibility index (Phi) is 7.44. The average Bonchev–Trinajstić information content (AvgIpc) is 3.24. The molecular formula is C23H21N3O5S3. The van der Waals surface area contributed by atoms with Crippen LogP contribution in [0.25, 0.3) is 10.2 Å². The van der Waals surface area contributed by atoms with Crippen molar-refractivity contribution in [1.29, 1.82) is 0 Å². The molecule has 1 aromatic heterocycles. The van der Waals surface area contributed by atoms with Gasteiger partial charge >= 0.3 is 5.97 Å². The number of carboxylic acids is 1. The number of hydrogen-bond donors (Lipinski definition) is 2. The lowest BCUT2D eigenvalue weighted by atomic mass is 9.99.